The molecule has 0 atom stereocenters. The second kappa shape index (κ2) is 12.0. The van der Waals surface area contributed by atoms with Crippen LogP contribution in [0.25, 0.3) is 56.4 Å². The Kier molecular flexibility index (Phi) is 7.02. The number of nitrogens with zero attached hydrogens (tertiary/aromatic N) is 3. The normalized spacial score (nSPS) is 12.7. The zero-order valence-corrected chi connectivity index (χ0v) is 26.7. The molecule has 0 unspecified atom stereocenters. The van der Waals surface area contributed by atoms with Crippen molar-refractivity contribution >= 4 is 0 Å². The van der Waals surface area contributed by atoms with Gasteiger partial charge in [-0.1, -0.05) is 176 Å². The van der Waals surface area contributed by atoms with Crippen molar-refractivity contribution in [3.63, 3.8) is 0 Å². The highest BCUT2D eigenvalue weighted by molar-refractivity contribution is 5.89. The van der Waals surface area contributed by atoms with E-state index in [0.29, 0.717) is 17.5 Å². The summed E-state index contributed by atoms with van der Waals surface area (Å²) in [5.41, 5.74) is 12.3. The van der Waals surface area contributed by atoms with Gasteiger partial charge in [0.2, 0.25) is 0 Å². The summed E-state index contributed by atoms with van der Waals surface area (Å²) in [7, 11) is 0. The van der Waals surface area contributed by atoms with Crippen LogP contribution in [0.2, 0.25) is 0 Å². The molecule has 0 amide bonds. The molecule has 49 heavy (non-hydrogen) atoms. The quantitative estimate of drug-likeness (QED) is 0.185. The fourth-order valence-corrected chi connectivity index (χ4v) is 7.40. The van der Waals surface area contributed by atoms with Gasteiger partial charge < -0.3 is 0 Å². The standard InChI is InChI=1S/C46H31N3/c1-5-16-32(17-6-1)43-47-44(33-18-7-2-8-19-33)49-45(48-43)36-21-15-20-34(30-36)35-28-29-42-40(31-35)39-26-13-14-27-41(39)46(42,37-22-9-3-10-23-37)38-24-11-4-12-25-38/h1-31H. The van der Waals surface area contributed by atoms with E-state index in [4.69, 9.17) is 15.0 Å². The predicted octanol–water partition coefficient (Wildman–Crippen LogP) is 10.9. The monoisotopic (exact) mass is 625 g/mol. The molecule has 8 aromatic rings. The SMILES string of the molecule is c1ccc(-c2nc(-c3ccccc3)nc(-c3cccc(-c4ccc5c(c4)-c4ccccc4C5(c4ccccc4)c4ccccc4)c3)n2)cc1. The van der Waals surface area contributed by atoms with Gasteiger partial charge in [0, 0.05) is 16.7 Å². The second-order valence-corrected chi connectivity index (χ2v) is 12.4. The Hall–Kier alpha value is -6.45. The fourth-order valence-electron chi connectivity index (χ4n) is 7.40. The maximum absolute atomic E-state index is 4.99. The first kappa shape index (κ1) is 28.7. The van der Waals surface area contributed by atoms with Crippen LogP contribution in [0, 0.1) is 0 Å². The van der Waals surface area contributed by atoms with Crippen molar-refractivity contribution in [2.24, 2.45) is 0 Å². The van der Waals surface area contributed by atoms with Crippen LogP contribution in [-0.4, -0.2) is 15.0 Å². The third-order valence-electron chi connectivity index (χ3n) is 9.61. The number of aromatic nitrogens is 3. The van der Waals surface area contributed by atoms with Crippen LogP contribution in [0.3, 0.4) is 0 Å². The molecule has 0 saturated heterocycles. The van der Waals surface area contributed by atoms with E-state index in [0.717, 1.165) is 27.8 Å². The number of hydrogen-bond acceptors (Lipinski definition) is 3. The molecule has 1 aliphatic rings. The topological polar surface area (TPSA) is 38.7 Å². The molecule has 7 aromatic carbocycles. The van der Waals surface area contributed by atoms with E-state index in [-0.39, 0.29) is 0 Å². The van der Waals surface area contributed by atoms with Gasteiger partial charge in [0.1, 0.15) is 0 Å². The summed E-state index contributed by atoms with van der Waals surface area (Å²) in [6.45, 7) is 0. The summed E-state index contributed by atoms with van der Waals surface area (Å²) in [6, 6.07) is 66.4. The van der Waals surface area contributed by atoms with Gasteiger partial charge in [-0.2, -0.15) is 0 Å². The number of fused-ring (bicyclic) bond motifs is 3. The van der Waals surface area contributed by atoms with Crippen LogP contribution in [-0.2, 0) is 5.41 Å². The minimum atomic E-state index is -0.415. The summed E-state index contributed by atoms with van der Waals surface area (Å²) < 4.78 is 0. The minimum absolute atomic E-state index is 0.415. The van der Waals surface area contributed by atoms with Crippen molar-refractivity contribution in [3.05, 3.63) is 210 Å². The van der Waals surface area contributed by atoms with Crippen LogP contribution < -0.4 is 0 Å². The van der Waals surface area contributed by atoms with Gasteiger partial charge in [-0.15, -0.1) is 0 Å². The molecule has 0 saturated carbocycles. The smallest absolute Gasteiger partial charge is 0.164 e. The molecule has 1 aromatic heterocycles. The molecule has 230 valence electrons. The summed E-state index contributed by atoms with van der Waals surface area (Å²) in [5, 5.41) is 0. The Labute approximate surface area is 286 Å². The molecule has 0 fully saturated rings. The third kappa shape index (κ3) is 4.87. The first-order chi connectivity index (χ1) is 24.3. The lowest BCUT2D eigenvalue weighted by Gasteiger charge is -2.33. The van der Waals surface area contributed by atoms with Crippen molar-refractivity contribution in [2.75, 3.05) is 0 Å². The summed E-state index contributed by atoms with van der Waals surface area (Å²) in [5.74, 6) is 1.96. The van der Waals surface area contributed by atoms with E-state index in [1.807, 2.05) is 60.7 Å². The Balaban J connectivity index is 1.20. The van der Waals surface area contributed by atoms with Gasteiger partial charge in [0.15, 0.2) is 17.5 Å². The number of rotatable bonds is 6. The van der Waals surface area contributed by atoms with E-state index in [9.17, 15) is 0 Å². The summed E-state index contributed by atoms with van der Waals surface area (Å²) in [4.78, 5) is 14.9. The third-order valence-corrected chi connectivity index (χ3v) is 9.61. The average molecular weight is 626 g/mol. The van der Waals surface area contributed by atoms with Crippen molar-refractivity contribution in [2.45, 2.75) is 5.41 Å². The zero-order chi connectivity index (χ0) is 32.6. The lowest BCUT2D eigenvalue weighted by atomic mass is 9.67. The van der Waals surface area contributed by atoms with Gasteiger partial charge >= 0.3 is 0 Å². The molecule has 1 heterocycles. The van der Waals surface area contributed by atoms with E-state index in [1.165, 1.54) is 33.4 Å². The molecular formula is C46H31N3. The highest BCUT2D eigenvalue weighted by Gasteiger charge is 2.45. The maximum Gasteiger partial charge on any atom is 0.164 e. The lowest BCUT2D eigenvalue weighted by molar-refractivity contribution is 0.768. The van der Waals surface area contributed by atoms with Crippen molar-refractivity contribution in [3.8, 4) is 56.4 Å². The summed E-state index contributed by atoms with van der Waals surface area (Å²) >= 11 is 0. The molecule has 0 radical (unpaired) electrons. The van der Waals surface area contributed by atoms with Crippen LogP contribution in [0.15, 0.2) is 188 Å². The minimum Gasteiger partial charge on any atom is -0.208 e. The fraction of sp³-hybridized carbons (Fsp3) is 0.0217. The zero-order valence-electron chi connectivity index (χ0n) is 26.7. The van der Waals surface area contributed by atoms with Gasteiger partial charge in [0.05, 0.1) is 5.41 Å². The molecule has 9 rings (SSSR count). The van der Waals surface area contributed by atoms with Crippen LogP contribution in [0.5, 0.6) is 0 Å². The highest BCUT2D eigenvalue weighted by atomic mass is 15.0. The van der Waals surface area contributed by atoms with Gasteiger partial charge in [-0.05, 0) is 56.6 Å². The van der Waals surface area contributed by atoms with E-state index in [2.05, 4.69) is 127 Å². The number of benzene rings is 7. The van der Waals surface area contributed by atoms with Crippen LogP contribution >= 0.6 is 0 Å². The highest BCUT2D eigenvalue weighted by Crippen LogP contribution is 2.56. The van der Waals surface area contributed by atoms with Gasteiger partial charge in [0.25, 0.3) is 0 Å². The predicted molar refractivity (Wildman–Crippen MR) is 199 cm³/mol. The van der Waals surface area contributed by atoms with Gasteiger partial charge in [-0.3, -0.25) is 0 Å². The Bertz CT molecular complexity index is 2320. The Morgan fingerprint density at radius 2 is 0.714 bits per heavy atom. The molecule has 3 nitrogen and oxygen atoms in total. The van der Waals surface area contributed by atoms with Crippen LogP contribution in [0.1, 0.15) is 22.3 Å². The first-order valence-corrected chi connectivity index (χ1v) is 16.6. The maximum atomic E-state index is 4.99. The second-order valence-electron chi connectivity index (χ2n) is 12.4. The molecule has 3 heteroatoms. The van der Waals surface area contributed by atoms with Crippen molar-refractivity contribution in [1.82, 2.24) is 15.0 Å². The summed E-state index contributed by atoms with van der Waals surface area (Å²) in [6.07, 6.45) is 0. The van der Waals surface area contributed by atoms with Crippen molar-refractivity contribution < 1.29 is 0 Å². The Morgan fingerprint density at radius 3 is 1.31 bits per heavy atom. The first-order valence-electron chi connectivity index (χ1n) is 16.6. The molecule has 0 spiro atoms. The van der Waals surface area contributed by atoms with E-state index < -0.39 is 5.41 Å². The van der Waals surface area contributed by atoms with E-state index >= 15 is 0 Å². The van der Waals surface area contributed by atoms with E-state index in [1.54, 1.807) is 0 Å². The molecule has 0 bridgehead atoms. The lowest BCUT2D eigenvalue weighted by Crippen LogP contribution is -2.28. The molecular weight excluding hydrogens is 595 g/mol. The van der Waals surface area contributed by atoms with Crippen LogP contribution in [0.4, 0.5) is 0 Å². The molecule has 0 N–H and O–H groups in total. The van der Waals surface area contributed by atoms with Gasteiger partial charge in [-0.25, -0.2) is 15.0 Å². The number of hydrogen-bond donors (Lipinski definition) is 0. The van der Waals surface area contributed by atoms with Crippen molar-refractivity contribution in [1.29, 1.82) is 0 Å². The Morgan fingerprint density at radius 1 is 0.286 bits per heavy atom. The molecule has 1 aliphatic carbocycles. The average Bonchev–Trinajstić information content (AvgIpc) is 3.49. The molecule has 0 aliphatic heterocycles. The largest absolute Gasteiger partial charge is 0.208 e.